The van der Waals surface area contributed by atoms with Crippen molar-refractivity contribution in [2.75, 3.05) is 14.2 Å². The van der Waals surface area contributed by atoms with Crippen molar-refractivity contribution in [1.82, 2.24) is 0 Å². The van der Waals surface area contributed by atoms with Crippen molar-refractivity contribution in [2.45, 2.75) is 50.2 Å². The highest BCUT2D eigenvalue weighted by molar-refractivity contribution is 9.10. The summed E-state index contributed by atoms with van der Waals surface area (Å²) in [5.41, 5.74) is 1.45. The number of methoxy groups -OCH3 is 2. The molecule has 1 fully saturated rings. The maximum atomic E-state index is 12.3. The van der Waals surface area contributed by atoms with Crippen LogP contribution in [0.2, 0.25) is 0 Å². The molecule has 0 heterocycles. The third-order valence-electron chi connectivity index (χ3n) is 6.01. The molecule has 25 heavy (non-hydrogen) atoms. The fourth-order valence-corrected chi connectivity index (χ4v) is 5.23. The molecule has 6 heteroatoms. The summed E-state index contributed by atoms with van der Waals surface area (Å²) in [5.74, 6) is -0.268. The fraction of sp³-hybridized carbons (Fsp3) is 0.579. The number of hydrogen-bond donors (Lipinski definition) is 0. The van der Waals surface area contributed by atoms with Gasteiger partial charge in [-0.25, -0.2) is 4.99 Å². The van der Waals surface area contributed by atoms with Crippen molar-refractivity contribution < 1.29 is 14.3 Å². The van der Waals surface area contributed by atoms with E-state index in [4.69, 9.17) is 21.7 Å². The monoisotopic (exact) mass is 423 g/mol. The molecule has 1 aromatic carbocycles. The zero-order valence-corrected chi connectivity index (χ0v) is 16.9. The lowest BCUT2D eigenvalue weighted by Crippen LogP contribution is -2.46. The number of nitrogens with zero attached hydrogens (tertiary/aromatic N) is 1. The van der Waals surface area contributed by atoms with Gasteiger partial charge in [-0.15, -0.1) is 0 Å². The maximum Gasteiger partial charge on any atom is 0.308 e. The maximum absolute atomic E-state index is 12.3. The molecule has 0 aromatic heterocycles. The lowest BCUT2D eigenvalue weighted by Gasteiger charge is -2.46. The van der Waals surface area contributed by atoms with Gasteiger partial charge < -0.3 is 9.47 Å². The Kier molecular flexibility index (Phi) is 5.45. The number of hydrogen-bond acceptors (Lipinski definition) is 5. The summed E-state index contributed by atoms with van der Waals surface area (Å²) < 4.78 is 11.5. The highest BCUT2D eigenvalue weighted by Crippen LogP contribution is 2.61. The molecule has 1 unspecified atom stereocenters. The standard InChI is InChI=1S/C19H22BrNO3S/c1-23-15-5-7-18(8-6-15)10-13-3-4-14(20)9-16(13)19(18,21-12-25)11-17(22)24-2/h3-4,9,15H,5-8,10-11H2,1-2H3. The third kappa shape index (κ3) is 3.10. The van der Waals surface area contributed by atoms with E-state index in [0.29, 0.717) is 0 Å². The highest BCUT2D eigenvalue weighted by Gasteiger charge is 2.59. The number of aliphatic imine (C=N–C) groups is 1. The van der Waals surface area contributed by atoms with Crippen LogP contribution in [-0.4, -0.2) is 31.5 Å². The number of thiocarbonyl (C=S) groups is 1. The van der Waals surface area contributed by atoms with E-state index in [1.165, 1.54) is 12.7 Å². The average molecular weight is 424 g/mol. The first-order valence-electron chi connectivity index (χ1n) is 8.48. The minimum Gasteiger partial charge on any atom is -0.469 e. The summed E-state index contributed by atoms with van der Waals surface area (Å²) in [6, 6.07) is 6.25. The topological polar surface area (TPSA) is 47.9 Å². The zero-order chi connectivity index (χ0) is 18.1. The molecule has 0 N–H and O–H groups in total. The van der Waals surface area contributed by atoms with Crippen LogP contribution in [0, 0.1) is 5.41 Å². The number of carbonyl (C=O) groups excluding carboxylic acids is 1. The van der Waals surface area contributed by atoms with Crippen LogP contribution in [0.5, 0.6) is 0 Å². The Hall–Kier alpha value is -1.07. The predicted octanol–water partition coefficient (Wildman–Crippen LogP) is 4.44. The van der Waals surface area contributed by atoms with Gasteiger partial charge in [0.15, 0.2) is 0 Å². The molecular weight excluding hydrogens is 402 g/mol. The molecule has 1 spiro atoms. The highest BCUT2D eigenvalue weighted by atomic mass is 79.9. The Labute approximate surface area is 162 Å². The van der Waals surface area contributed by atoms with Gasteiger partial charge >= 0.3 is 5.97 Å². The van der Waals surface area contributed by atoms with Crippen molar-refractivity contribution in [2.24, 2.45) is 10.4 Å². The Morgan fingerprint density at radius 1 is 1.40 bits per heavy atom. The summed E-state index contributed by atoms with van der Waals surface area (Å²) in [4.78, 5) is 17.0. The van der Waals surface area contributed by atoms with Crippen molar-refractivity contribution in [1.29, 1.82) is 0 Å². The molecule has 0 bridgehead atoms. The van der Waals surface area contributed by atoms with Gasteiger partial charge in [-0.05, 0) is 67.6 Å². The normalized spacial score (nSPS) is 30.6. The Bertz CT molecular complexity index is 723. The van der Waals surface area contributed by atoms with Gasteiger partial charge in [0.1, 0.15) is 5.54 Å². The van der Waals surface area contributed by atoms with E-state index in [0.717, 1.165) is 42.1 Å². The first-order valence-corrected chi connectivity index (χ1v) is 9.68. The number of rotatable bonds is 4. The van der Waals surface area contributed by atoms with Crippen LogP contribution >= 0.6 is 28.1 Å². The molecule has 2 aliphatic rings. The van der Waals surface area contributed by atoms with Crippen LogP contribution < -0.4 is 0 Å². The first-order chi connectivity index (χ1) is 12.0. The van der Waals surface area contributed by atoms with E-state index in [-0.39, 0.29) is 23.9 Å². The van der Waals surface area contributed by atoms with Crippen LogP contribution in [0.4, 0.5) is 0 Å². The van der Waals surface area contributed by atoms with Crippen molar-refractivity contribution in [3.63, 3.8) is 0 Å². The number of isothiocyanates is 1. The number of esters is 1. The van der Waals surface area contributed by atoms with E-state index >= 15 is 0 Å². The van der Waals surface area contributed by atoms with Crippen LogP contribution in [0.25, 0.3) is 0 Å². The molecule has 1 atom stereocenters. The molecule has 3 rings (SSSR count). The van der Waals surface area contributed by atoms with Gasteiger partial charge in [0, 0.05) is 17.0 Å². The molecule has 0 amide bonds. The summed E-state index contributed by atoms with van der Waals surface area (Å²) in [6.07, 6.45) is 5.15. The number of fused-ring (bicyclic) bond motifs is 1. The summed E-state index contributed by atoms with van der Waals surface area (Å²) >= 11 is 8.56. The average Bonchev–Trinajstić information content (AvgIpc) is 2.85. The number of benzene rings is 1. The Morgan fingerprint density at radius 3 is 2.72 bits per heavy atom. The molecule has 0 aliphatic heterocycles. The van der Waals surface area contributed by atoms with E-state index < -0.39 is 5.54 Å². The van der Waals surface area contributed by atoms with E-state index in [1.807, 2.05) is 6.07 Å². The lowest BCUT2D eigenvalue weighted by atomic mass is 9.60. The first kappa shape index (κ1) is 18.7. The number of carbonyl (C=O) groups is 1. The van der Waals surface area contributed by atoms with E-state index in [9.17, 15) is 4.79 Å². The minimum absolute atomic E-state index is 0.148. The summed E-state index contributed by atoms with van der Waals surface area (Å²) in [7, 11) is 3.18. The van der Waals surface area contributed by atoms with Crippen LogP contribution in [0.15, 0.2) is 27.7 Å². The van der Waals surface area contributed by atoms with Gasteiger partial charge in [0.05, 0.1) is 24.8 Å². The van der Waals surface area contributed by atoms with Crippen LogP contribution in [0.1, 0.15) is 43.2 Å². The SMILES string of the molecule is COC(=O)CC1(N=C=S)c2cc(Br)ccc2CC12CCC(OC)CC2. The van der Waals surface area contributed by atoms with Gasteiger partial charge in [-0.2, -0.15) is 0 Å². The van der Waals surface area contributed by atoms with Crippen LogP contribution in [-0.2, 0) is 26.2 Å². The summed E-state index contributed by atoms with van der Waals surface area (Å²) in [6.45, 7) is 0. The van der Waals surface area contributed by atoms with Crippen molar-refractivity contribution in [3.8, 4) is 0 Å². The minimum atomic E-state index is -0.709. The molecule has 4 nitrogen and oxygen atoms in total. The van der Waals surface area contributed by atoms with Crippen LogP contribution in [0.3, 0.4) is 0 Å². The molecule has 1 saturated carbocycles. The molecule has 0 saturated heterocycles. The molecule has 134 valence electrons. The fourth-order valence-electron chi connectivity index (χ4n) is 4.71. The zero-order valence-electron chi connectivity index (χ0n) is 14.5. The van der Waals surface area contributed by atoms with Crippen molar-refractivity contribution >= 4 is 39.3 Å². The summed E-state index contributed by atoms with van der Waals surface area (Å²) in [5, 5.41) is 2.59. The lowest BCUT2D eigenvalue weighted by molar-refractivity contribution is -0.144. The smallest absolute Gasteiger partial charge is 0.308 e. The largest absolute Gasteiger partial charge is 0.469 e. The number of ether oxygens (including phenoxy) is 2. The van der Waals surface area contributed by atoms with E-state index in [2.05, 4.69) is 38.2 Å². The van der Waals surface area contributed by atoms with Gasteiger partial charge in [0.25, 0.3) is 0 Å². The second-order valence-corrected chi connectivity index (χ2v) is 8.11. The van der Waals surface area contributed by atoms with E-state index in [1.54, 1.807) is 7.11 Å². The second-order valence-electron chi connectivity index (χ2n) is 7.01. The van der Waals surface area contributed by atoms with Gasteiger partial charge in [0.2, 0.25) is 0 Å². The molecule has 2 aliphatic carbocycles. The van der Waals surface area contributed by atoms with Gasteiger partial charge in [-0.1, -0.05) is 22.0 Å². The predicted molar refractivity (Wildman–Crippen MR) is 103 cm³/mol. The second kappa shape index (κ2) is 7.28. The number of halogens is 1. The molecular formula is C19H22BrNO3S. The Balaban J connectivity index is 2.14. The quantitative estimate of drug-likeness (QED) is 0.407. The van der Waals surface area contributed by atoms with Gasteiger partial charge in [-0.3, -0.25) is 4.79 Å². The molecule has 1 aromatic rings. The third-order valence-corrected chi connectivity index (χ3v) is 6.60. The Morgan fingerprint density at radius 2 is 2.12 bits per heavy atom. The van der Waals surface area contributed by atoms with Crippen molar-refractivity contribution in [3.05, 3.63) is 33.8 Å². The molecule has 0 radical (unpaired) electrons.